The van der Waals surface area contributed by atoms with Gasteiger partial charge in [-0.3, -0.25) is 14.6 Å². The Morgan fingerprint density at radius 3 is 2.50 bits per heavy atom. The van der Waals surface area contributed by atoms with Crippen LogP contribution in [-0.2, 0) is 20.5 Å². The summed E-state index contributed by atoms with van der Waals surface area (Å²) in [6, 6.07) is 2.41. The molecule has 3 aliphatic carbocycles. The largest absolute Gasteiger partial charge is 0.481 e. The van der Waals surface area contributed by atoms with Crippen LogP contribution in [0.15, 0.2) is 18.3 Å². The molecule has 38 heavy (non-hydrogen) atoms. The number of pyridine rings is 1. The van der Waals surface area contributed by atoms with Gasteiger partial charge in [0.1, 0.15) is 11.7 Å². The molecule has 9 heteroatoms. The van der Waals surface area contributed by atoms with Crippen LogP contribution >= 0.6 is 0 Å². The number of unbranched alkanes of at least 4 members (excludes halogenated alkanes) is 1. The van der Waals surface area contributed by atoms with Gasteiger partial charge in [-0.05, 0) is 80.8 Å². The molecule has 0 spiro atoms. The Hall–Kier alpha value is -1.97. The number of carbonyl (C=O) groups excluding carboxylic acids is 2. The van der Waals surface area contributed by atoms with Gasteiger partial charge in [-0.25, -0.2) is 0 Å². The number of aliphatic hydroxyl groups excluding tert-OH is 1. The summed E-state index contributed by atoms with van der Waals surface area (Å²) in [6.07, 6.45) is 6.43. The average Bonchev–Trinajstić information content (AvgIpc) is 3.22. The number of aromatic nitrogens is 1. The van der Waals surface area contributed by atoms with Crippen molar-refractivity contribution in [3.05, 3.63) is 29.6 Å². The van der Waals surface area contributed by atoms with E-state index >= 15 is 0 Å². The summed E-state index contributed by atoms with van der Waals surface area (Å²) in [6.45, 7) is 14.6. The molecular weight excluding hydrogens is 481 g/mol. The summed E-state index contributed by atoms with van der Waals surface area (Å²) >= 11 is 0. The molecule has 3 saturated carbocycles. The van der Waals surface area contributed by atoms with Gasteiger partial charge in [0.15, 0.2) is 0 Å². The highest BCUT2D eigenvalue weighted by Gasteiger charge is 2.68. The summed E-state index contributed by atoms with van der Waals surface area (Å²) in [5.41, 5.74) is 1.12. The van der Waals surface area contributed by atoms with Gasteiger partial charge in [0.25, 0.3) is 5.91 Å². The number of nitrogens with zero attached hydrogens (tertiary/aromatic N) is 1. The molecule has 1 saturated heterocycles. The van der Waals surface area contributed by atoms with Crippen LogP contribution in [0.1, 0.15) is 96.6 Å². The number of hydrogen-bond acceptors (Lipinski definition) is 6. The van der Waals surface area contributed by atoms with Gasteiger partial charge in [-0.15, -0.1) is 0 Å². The topological polar surface area (TPSA) is 110 Å². The van der Waals surface area contributed by atoms with Gasteiger partial charge < -0.3 is 25.0 Å². The fraction of sp³-hybridized carbons (Fsp3) is 0.759. The number of carbonyl (C=O) groups is 2. The van der Waals surface area contributed by atoms with Crippen molar-refractivity contribution in [1.29, 1.82) is 0 Å². The molecule has 2 heterocycles. The molecule has 2 bridgehead atoms. The Morgan fingerprint density at radius 2 is 1.92 bits per heavy atom. The zero-order valence-corrected chi connectivity index (χ0v) is 24.1. The van der Waals surface area contributed by atoms with E-state index < -0.39 is 37.0 Å². The van der Waals surface area contributed by atoms with Crippen LogP contribution in [0.25, 0.3) is 0 Å². The molecule has 3 N–H and O–H groups in total. The Balaban J connectivity index is 1.43. The third-order valence-corrected chi connectivity index (χ3v) is 9.28. The first kappa shape index (κ1) is 29.0. The molecule has 4 fully saturated rings. The molecule has 0 aromatic carbocycles. The van der Waals surface area contributed by atoms with E-state index in [1.165, 1.54) is 6.92 Å². The minimum Gasteiger partial charge on any atom is -0.404 e. The van der Waals surface area contributed by atoms with Gasteiger partial charge in [0, 0.05) is 6.20 Å². The van der Waals surface area contributed by atoms with Crippen LogP contribution in [0.5, 0.6) is 0 Å². The molecule has 0 unspecified atom stereocenters. The third-order valence-electron chi connectivity index (χ3n) is 9.28. The number of nitrogens with one attached hydrogen (secondary N) is 2. The van der Waals surface area contributed by atoms with Crippen molar-refractivity contribution in [3.63, 3.8) is 0 Å². The molecule has 4 aliphatic rings. The number of aliphatic hydroxyl groups is 1. The molecule has 5 rings (SSSR count). The minimum absolute atomic E-state index is 0.00877. The normalized spacial score (nSPS) is 29.7. The molecule has 1 aromatic heterocycles. The average molecular weight is 528 g/mol. The fourth-order valence-corrected chi connectivity index (χ4v) is 6.80. The lowest BCUT2D eigenvalue weighted by Crippen LogP contribution is -2.65. The number of aryl methyl sites for hydroxylation is 1. The van der Waals surface area contributed by atoms with E-state index in [1.54, 1.807) is 12.3 Å². The first-order valence-electron chi connectivity index (χ1n) is 14.4. The van der Waals surface area contributed by atoms with Crippen LogP contribution in [-0.4, -0.2) is 58.8 Å². The van der Waals surface area contributed by atoms with E-state index in [0.29, 0.717) is 18.3 Å². The van der Waals surface area contributed by atoms with Crippen molar-refractivity contribution in [3.8, 4) is 0 Å². The van der Waals surface area contributed by atoms with Crippen LogP contribution in [0.4, 0.5) is 0 Å². The predicted octanol–water partition coefficient (Wildman–Crippen LogP) is 3.70. The predicted molar refractivity (Wildman–Crippen MR) is 147 cm³/mol. The SMILES string of the molecule is CCCCc1ccc(C(=O)N[C@H](C(=O)N[C@@H](CC(C)C)B2O[C@@H]3C[C@H]4C[C@H](C4(C)C)[C@]3(C)O2)[C@@H](C)O)nc1. The summed E-state index contributed by atoms with van der Waals surface area (Å²) in [5, 5.41) is 16.2. The highest BCUT2D eigenvalue weighted by Crippen LogP contribution is 2.65. The Labute approximate surface area is 228 Å². The van der Waals surface area contributed by atoms with E-state index in [2.05, 4.69) is 57.2 Å². The van der Waals surface area contributed by atoms with Crippen molar-refractivity contribution >= 4 is 18.9 Å². The summed E-state index contributed by atoms with van der Waals surface area (Å²) in [5.74, 6) is -0.0278. The lowest BCUT2D eigenvalue weighted by molar-refractivity contribution is -0.199. The highest BCUT2D eigenvalue weighted by atomic mass is 16.7. The fourth-order valence-electron chi connectivity index (χ4n) is 6.80. The van der Waals surface area contributed by atoms with Gasteiger partial charge in [0.05, 0.1) is 23.8 Å². The highest BCUT2D eigenvalue weighted by molar-refractivity contribution is 6.48. The van der Waals surface area contributed by atoms with E-state index in [0.717, 1.165) is 37.7 Å². The quantitative estimate of drug-likeness (QED) is 0.379. The first-order valence-corrected chi connectivity index (χ1v) is 14.4. The summed E-state index contributed by atoms with van der Waals surface area (Å²) in [7, 11) is -0.575. The summed E-state index contributed by atoms with van der Waals surface area (Å²) < 4.78 is 13.1. The summed E-state index contributed by atoms with van der Waals surface area (Å²) in [4.78, 5) is 30.6. The zero-order valence-electron chi connectivity index (χ0n) is 24.1. The maximum Gasteiger partial charge on any atom is 0.481 e. The van der Waals surface area contributed by atoms with Crippen molar-refractivity contribution in [1.82, 2.24) is 15.6 Å². The lowest BCUT2D eigenvalue weighted by Gasteiger charge is -2.64. The monoisotopic (exact) mass is 527 g/mol. The Bertz CT molecular complexity index is 1000. The molecule has 1 aromatic rings. The molecule has 7 atom stereocenters. The van der Waals surface area contributed by atoms with E-state index in [1.807, 2.05) is 6.07 Å². The number of rotatable bonds is 11. The van der Waals surface area contributed by atoms with Crippen molar-refractivity contribution in [2.75, 3.05) is 0 Å². The van der Waals surface area contributed by atoms with Crippen LogP contribution in [0, 0.1) is 23.2 Å². The second-order valence-electron chi connectivity index (χ2n) is 12.9. The number of amides is 2. The van der Waals surface area contributed by atoms with Crippen LogP contribution in [0.2, 0.25) is 0 Å². The Kier molecular flexibility index (Phi) is 8.60. The zero-order chi connectivity index (χ0) is 27.8. The van der Waals surface area contributed by atoms with Crippen molar-refractivity contribution in [2.24, 2.45) is 23.2 Å². The van der Waals surface area contributed by atoms with E-state index in [4.69, 9.17) is 9.31 Å². The Morgan fingerprint density at radius 1 is 1.18 bits per heavy atom. The number of hydrogen-bond donors (Lipinski definition) is 3. The van der Waals surface area contributed by atoms with E-state index in [-0.39, 0.29) is 28.7 Å². The minimum atomic E-state index is -1.13. The van der Waals surface area contributed by atoms with Gasteiger partial charge in [0.2, 0.25) is 5.91 Å². The first-order chi connectivity index (χ1) is 17.9. The molecular formula is C29H46BN3O5. The van der Waals surface area contributed by atoms with Gasteiger partial charge in [-0.1, -0.05) is 47.1 Å². The second-order valence-corrected chi connectivity index (χ2v) is 12.9. The molecule has 0 radical (unpaired) electrons. The third kappa shape index (κ3) is 5.66. The van der Waals surface area contributed by atoms with E-state index in [9.17, 15) is 14.7 Å². The lowest BCUT2D eigenvalue weighted by atomic mass is 9.43. The van der Waals surface area contributed by atoms with Crippen LogP contribution < -0.4 is 10.6 Å². The smallest absolute Gasteiger partial charge is 0.404 e. The maximum absolute atomic E-state index is 13.4. The van der Waals surface area contributed by atoms with Gasteiger partial charge in [-0.2, -0.15) is 0 Å². The second kappa shape index (κ2) is 11.3. The molecule has 210 valence electrons. The van der Waals surface area contributed by atoms with Crippen molar-refractivity contribution < 1.29 is 24.0 Å². The molecule has 8 nitrogen and oxygen atoms in total. The maximum atomic E-state index is 13.4. The van der Waals surface area contributed by atoms with Crippen LogP contribution in [0.3, 0.4) is 0 Å². The molecule has 2 amide bonds. The van der Waals surface area contributed by atoms with Gasteiger partial charge >= 0.3 is 7.12 Å². The van der Waals surface area contributed by atoms with Crippen molar-refractivity contribution in [2.45, 2.75) is 117 Å². The standard InChI is InChI=1S/C29H46BN3O5/c1-8-9-10-19-11-12-21(31-16-19)26(35)33-25(18(4)34)27(36)32-24(13-17(2)3)30-37-23-15-20-14-22(28(20,5)6)29(23,7)38-30/h11-12,16-18,20,22-25,34H,8-10,13-15H2,1-7H3,(H,32,36)(H,33,35)/t18-,20-,22-,23-,24+,25+,29+/m1/s1. The molecule has 1 aliphatic heterocycles.